The van der Waals surface area contributed by atoms with Crippen LogP contribution in [0.5, 0.6) is 0 Å². The standard InChI is InChI=1S/C34H26ClFN4O3/c35-22-10-7-9-21(18-22)31-30-25(23-11-2-5-14-27(23)38-30)19-29-33(42)40(34(43)39(29)31)28-15-6-3-12-24(28)32(41)37-17-16-20-8-1-4-13-26(20)36/h1-15,18,29,31,38H,16-17,19H2,(H,37,41)/t29-,31-/m0/s1. The number of nitrogens with one attached hydrogen (secondary N) is 2. The Morgan fingerprint density at radius 2 is 1.72 bits per heavy atom. The summed E-state index contributed by atoms with van der Waals surface area (Å²) in [7, 11) is 0. The molecule has 1 saturated heterocycles. The topological polar surface area (TPSA) is 85.5 Å². The van der Waals surface area contributed by atoms with Gasteiger partial charge in [-0.2, -0.15) is 0 Å². The fraction of sp³-hybridized carbons (Fsp3) is 0.147. The van der Waals surface area contributed by atoms with Crippen LogP contribution in [0.25, 0.3) is 10.9 Å². The van der Waals surface area contributed by atoms with E-state index in [1.807, 2.05) is 36.4 Å². The Morgan fingerprint density at radius 3 is 2.56 bits per heavy atom. The molecule has 5 aromatic rings. The van der Waals surface area contributed by atoms with Crippen molar-refractivity contribution in [2.24, 2.45) is 0 Å². The molecule has 0 radical (unpaired) electrons. The number of urea groups is 1. The molecule has 4 aromatic carbocycles. The van der Waals surface area contributed by atoms with Gasteiger partial charge in [-0.3, -0.25) is 14.5 Å². The summed E-state index contributed by atoms with van der Waals surface area (Å²) in [5.41, 5.74) is 4.38. The highest BCUT2D eigenvalue weighted by Gasteiger charge is 2.53. The van der Waals surface area contributed by atoms with Crippen LogP contribution in [0.3, 0.4) is 0 Å². The van der Waals surface area contributed by atoms with Gasteiger partial charge in [0, 0.05) is 34.6 Å². The minimum Gasteiger partial charge on any atom is -0.356 e. The van der Waals surface area contributed by atoms with Crippen molar-refractivity contribution in [3.05, 3.63) is 136 Å². The highest BCUT2D eigenvalue weighted by molar-refractivity contribution is 6.30. The molecule has 0 bridgehead atoms. The number of para-hydroxylation sites is 2. The smallest absolute Gasteiger partial charge is 0.332 e. The molecule has 43 heavy (non-hydrogen) atoms. The fourth-order valence-corrected chi connectivity index (χ4v) is 6.49. The molecule has 2 atom stereocenters. The van der Waals surface area contributed by atoms with Crippen LogP contribution in [0, 0.1) is 5.82 Å². The number of hydrogen-bond donors (Lipinski definition) is 2. The molecule has 0 aliphatic carbocycles. The number of halogens is 2. The second-order valence-electron chi connectivity index (χ2n) is 10.7. The first-order chi connectivity index (χ1) is 20.9. The quantitative estimate of drug-likeness (QED) is 0.223. The first-order valence-electron chi connectivity index (χ1n) is 14.0. The van der Waals surface area contributed by atoms with Gasteiger partial charge in [-0.05, 0) is 59.5 Å². The van der Waals surface area contributed by atoms with E-state index in [0.717, 1.165) is 32.6 Å². The lowest BCUT2D eigenvalue weighted by Gasteiger charge is -2.36. The van der Waals surface area contributed by atoms with Gasteiger partial charge in [0.25, 0.3) is 11.8 Å². The zero-order chi connectivity index (χ0) is 29.7. The number of H-pyrrole nitrogens is 1. The molecule has 0 saturated carbocycles. The zero-order valence-corrected chi connectivity index (χ0v) is 23.6. The number of aromatic nitrogens is 1. The maximum Gasteiger partial charge on any atom is 0.332 e. The summed E-state index contributed by atoms with van der Waals surface area (Å²) in [5, 5.41) is 4.33. The number of carbonyl (C=O) groups is 3. The van der Waals surface area contributed by atoms with E-state index in [9.17, 15) is 18.8 Å². The molecular formula is C34H26ClFN4O3. The third kappa shape index (κ3) is 4.55. The SMILES string of the molecule is O=C(NCCc1ccccc1F)c1ccccc1N1C(=O)[C@@H]2Cc3c([nH]c4ccccc34)[C@H](c3cccc(Cl)c3)N2C1=O. The molecule has 4 amide bonds. The molecule has 1 fully saturated rings. The molecule has 7 nitrogen and oxygen atoms in total. The Kier molecular flexibility index (Phi) is 6.70. The van der Waals surface area contributed by atoms with Crippen LogP contribution in [-0.2, 0) is 17.6 Å². The number of aromatic amines is 1. The van der Waals surface area contributed by atoms with Crippen molar-refractivity contribution in [1.29, 1.82) is 0 Å². The summed E-state index contributed by atoms with van der Waals surface area (Å²) in [6.07, 6.45) is 0.625. The summed E-state index contributed by atoms with van der Waals surface area (Å²) in [4.78, 5) is 47.9. The Hall–Kier alpha value is -4.95. The Bertz CT molecular complexity index is 1920. The number of anilines is 1. The van der Waals surface area contributed by atoms with Crippen molar-refractivity contribution in [3.8, 4) is 0 Å². The largest absolute Gasteiger partial charge is 0.356 e. The minimum atomic E-state index is -0.777. The monoisotopic (exact) mass is 592 g/mol. The van der Waals surface area contributed by atoms with Crippen LogP contribution >= 0.6 is 11.6 Å². The first kappa shape index (κ1) is 26.9. The maximum atomic E-state index is 14.3. The Morgan fingerprint density at radius 1 is 0.953 bits per heavy atom. The molecule has 2 aliphatic heterocycles. The van der Waals surface area contributed by atoms with Crippen molar-refractivity contribution >= 4 is 46.0 Å². The number of fused-ring (bicyclic) bond motifs is 4. The van der Waals surface area contributed by atoms with Crippen molar-refractivity contribution < 1.29 is 18.8 Å². The fourth-order valence-electron chi connectivity index (χ4n) is 6.29. The lowest BCUT2D eigenvalue weighted by Crippen LogP contribution is -2.44. The van der Waals surface area contributed by atoms with Gasteiger partial charge >= 0.3 is 6.03 Å². The molecule has 3 heterocycles. The van der Waals surface area contributed by atoms with Gasteiger partial charge in [0.15, 0.2) is 0 Å². The predicted octanol–water partition coefficient (Wildman–Crippen LogP) is 6.42. The first-order valence-corrected chi connectivity index (χ1v) is 14.4. The zero-order valence-electron chi connectivity index (χ0n) is 22.9. The summed E-state index contributed by atoms with van der Waals surface area (Å²) in [5.74, 6) is -1.20. The van der Waals surface area contributed by atoms with Gasteiger partial charge in [0.1, 0.15) is 17.9 Å². The van der Waals surface area contributed by atoms with Crippen LogP contribution in [-0.4, -0.2) is 40.3 Å². The molecule has 0 unspecified atom stereocenters. The highest BCUT2D eigenvalue weighted by Crippen LogP contribution is 2.45. The highest BCUT2D eigenvalue weighted by atomic mass is 35.5. The lowest BCUT2D eigenvalue weighted by atomic mass is 9.89. The number of carbonyl (C=O) groups excluding carboxylic acids is 3. The van der Waals surface area contributed by atoms with E-state index in [2.05, 4.69) is 10.3 Å². The van der Waals surface area contributed by atoms with E-state index >= 15 is 0 Å². The van der Waals surface area contributed by atoms with E-state index in [4.69, 9.17) is 11.6 Å². The average Bonchev–Trinajstić information content (AvgIpc) is 3.51. The van der Waals surface area contributed by atoms with E-state index in [1.54, 1.807) is 59.5 Å². The Balaban J connectivity index is 1.24. The third-order valence-corrected chi connectivity index (χ3v) is 8.48. The van der Waals surface area contributed by atoms with Gasteiger partial charge < -0.3 is 10.3 Å². The second kappa shape index (κ2) is 10.7. The van der Waals surface area contributed by atoms with Crippen LogP contribution < -0.4 is 10.2 Å². The molecule has 7 rings (SSSR count). The summed E-state index contributed by atoms with van der Waals surface area (Å²) in [6, 6.07) is 26.2. The number of rotatable bonds is 6. The van der Waals surface area contributed by atoms with Crippen molar-refractivity contribution in [3.63, 3.8) is 0 Å². The lowest BCUT2D eigenvalue weighted by molar-refractivity contribution is -0.120. The number of benzene rings is 4. The molecule has 1 aromatic heterocycles. The van der Waals surface area contributed by atoms with E-state index in [1.165, 1.54) is 6.07 Å². The molecule has 9 heteroatoms. The van der Waals surface area contributed by atoms with E-state index in [-0.39, 0.29) is 23.6 Å². The van der Waals surface area contributed by atoms with Gasteiger partial charge in [-0.1, -0.05) is 72.3 Å². The van der Waals surface area contributed by atoms with Gasteiger partial charge in [0.2, 0.25) is 0 Å². The van der Waals surface area contributed by atoms with Crippen molar-refractivity contribution in [1.82, 2.24) is 15.2 Å². The van der Waals surface area contributed by atoms with Crippen molar-refractivity contribution in [2.45, 2.75) is 24.9 Å². The predicted molar refractivity (Wildman–Crippen MR) is 163 cm³/mol. The summed E-state index contributed by atoms with van der Waals surface area (Å²) in [6.45, 7) is 0.184. The van der Waals surface area contributed by atoms with Gasteiger partial charge in [-0.25, -0.2) is 14.1 Å². The minimum absolute atomic E-state index is 0.181. The Labute approximate surface area is 251 Å². The summed E-state index contributed by atoms with van der Waals surface area (Å²) < 4.78 is 14.1. The third-order valence-electron chi connectivity index (χ3n) is 8.24. The second-order valence-corrected chi connectivity index (χ2v) is 11.2. The van der Waals surface area contributed by atoms with Gasteiger partial charge in [-0.15, -0.1) is 0 Å². The van der Waals surface area contributed by atoms with Crippen LogP contribution in [0.4, 0.5) is 14.9 Å². The molecule has 0 spiro atoms. The maximum absolute atomic E-state index is 14.3. The van der Waals surface area contributed by atoms with Crippen LogP contribution in [0.15, 0.2) is 97.1 Å². The summed E-state index contributed by atoms with van der Waals surface area (Å²) >= 11 is 6.39. The number of hydrogen-bond acceptors (Lipinski definition) is 3. The van der Waals surface area contributed by atoms with E-state index in [0.29, 0.717) is 23.4 Å². The molecular weight excluding hydrogens is 567 g/mol. The number of amides is 4. The number of nitrogens with zero attached hydrogens (tertiary/aromatic N) is 2. The van der Waals surface area contributed by atoms with Crippen LogP contribution in [0.2, 0.25) is 5.02 Å². The number of imide groups is 1. The normalized spacial score (nSPS) is 17.7. The molecule has 214 valence electrons. The van der Waals surface area contributed by atoms with Crippen LogP contribution in [0.1, 0.15) is 38.8 Å². The molecule has 2 aliphatic rings. The van der Waals surface area contributed by atoms with E-state index < -0.39 is 29.9 Å². The average molecular weight is 593 g/mol. The van der Waals surface area contributed by atoms with Crippen molar-refractivity contribution in [2.75, 3.05) is 11.4 Å². The van der Waals surface area contributed by atoms with Gasteiger partial charge in [0.05, 0.1) is 11.3 Å². The molecule has 2 N–H and O–H groups in total.